The van der Waals surface area contributed by atoms with E-state index in [1.54, 1.807) is 6.92 Å². The summed E-state index contributed by atoms with van der Waals surface area (Å²) in [7, 11) is 1.00. The van der Waals surface area contributed by atoms with E-state index in [1.165, 1.54) is 19.3 Å². The van der Waals surface area contributed by atoms with Crippen molar-refractivity contribution in [3.63, 3.8) is 0 Å². The van der Waals surface area contributed by atoms with Gasteiger partial charge >= 0.3 is 0 Å². The molecule has 0 atom stereocenters. The van der Waals surface area contributed by atoms with Crippen molar-refractivity contribution in [3.8, 4) is 0 Å². The van der Waals surface area contributed by atoms with Gasteiger partial charge in [0.1, 0.15) is 0 Å². The lowest BCUT2D eigenvalue weighted by Crippen LogP contribution is -1.57. The van der Waals surface area contributed by atoms with Crippen LogP contribution in [0.15, 0.2) is 0 Å². The molecule has 0 saturated carbocycles. The van der Waals surface area contributed by atoms with Crippen LogP contribution in [-0.2, 0) is 0 Å². The summed E-state index contributed by atoms with van der Waals surface area (Å²) < 4.78 is 0. The third-order valence-electron chi connectivity index (χ3n) is 0.500. The summed E-state index contributed by atoms with van der Waals surface area (Å²) in [5.74, 6) is 0. The van der Waals surface area contributed by atoms with E-state index >= 15 is 0 Å². The molecular weight excluding hydrogens is 188 g/mol. The quantitative estimate of drug-likeness (QED) is 0.691. The van der Waals surface area contributed by atoms with Gasteiger partial charge in [-0.1, -0.05) is 68.2 Å². The average molecular weight is 226 g/mol. The van der Waals surface area contributed by atoms with Gasteiger partial charge in [-0.05, 0) is 6.92 Å². The van der Waals surface area contributed by atoms with Crippen LogP contribution in [0.5, 0.6) is 0 Å². The van der Waals surface area contributed by atoms with Crippen molar-refractivity contribution in [1.82, 2.24) is 0 Å². The average Bonchev–Trinajstić information content (AvgIpc) is 2.26. The molecule has 0 fully saturated rings. The molecule has 0 unspecified atom stereocenters. The molecule has 0 aliphatic heterocycles. The molecule has 15 heavy (non-hydrogen) atoms. The number of rotatable bonds is 1. The van der Waals surface area contributed by atoms with E-state index in [-0.39, 0.29) is 14.0 Å². The predicted molar refractivity (Wildman–Crippen MR) is 75.5 cm³/mol. The molecule has 0 aromatic rings. The number of hydrogen-bond donors (Lipinski definition) is 2. The number of unbranched alkanes of at least 4 members (excludes halogenated alkanes) is 1. The number of aliphatic hydroxyl groups excluding tert-OH is 2. The van der Waals surface area contributed by atoms with Crippen LogP contribution in [0, 0.1) is 0 Å². The lowest BCUT2D eigenvalue weighted by atomic mass is 10.4. The minimum absolute atomic E-state index is 0. The van der Waals surface area contributed by atoms with Gasteiger partial charge in [-0.15, -0.1) is 0 Å². The van der Waals surface area contributed by atoms with Gasteiger partial charge in [0.2, 0.25) is 0 Å². The van der Waals surface area contributed by atoms with E-state index in [1.807, 2.05) is 13.8 Å². The van der Waals surface area contributed by atoms with Gasteiger partial charge in [0, 0.05) is 13.7 Å². The molecule has 0 radical (unpaired) electrons. The van der Waals surface area contributed by atoms with Crippen LogP contribution in [0.2, 0.25) is 0 Å². The third-order valence-corrected chi connectivity index (χ3v) is 0.500. The summed E-state index contributed by atoms with van der Waals surface area (Å²) >= 11 is 0. The van der Waals surface area contributed by atoms with Gasteiger partial charge in [-0.3, -0.25) is 0 Å². The standard InChI is InChI=1S/C4H10.C3H8.C2H6O.C2H6.CH4O.CH4/c1-3-4-2;1-3-2;1-2-3;2*1-2;/h3-4H2,1-2H3;3H2,1-2H3;3H,2H2,1H3;1-2H3;2H,1H3;1H4. The Hall–Kier alpha value is -0.0800. The molecule has 0 aliphatic carbocycles. The van der Waals surface area contributed by atoms with Crippen molar-refractivity contribution in [2.75, 3.05) is 13.7 Å². The van der Waals surface area contributed by atoms with Gasteiger partial charge < -0.3 is 10.2 Å². The summed E-state index contributed by atoms with van der Waals surface area (Å²) in [5, 5.41) is 14.6. The Labute approximate surface area is 99.7 Å². The van der Waals surface area contributed by atoms with Crippen LogP contribution in [0.3, 0.4) is 0 Å². The van der Waals surface area contributed by atoms with Crippen LogP contribution in [0.25, 0.3) is 0 Å². The second-order valence-corrected chi connectivity index (χ2v) is 2.02. The van der Waals surface area contributed by atoms with Gasteiger partial charge in [-0.25, -0.2) is 0 Å². The maximum Gasteiger partial charge on any atom is 0.0402 e. The summed E-state index contributed by atoms with van der Waals surface area (Å²) in [4.78, 5) is 0. The highest BCUT2D eigenvalue weighted by Crippen LogP contribution is 1.76. The van der Waals surface area contributed by atoms with Crippen LogP contribution < -0.4 is 0 Å². The van der Waals surface area contributed by atoms with E-state index in [2.05, 4.69) is 27.7 Å². The van der Waals surface area contributed by atoms with E-state index < -0.39 is 0 Å². The molecule has 0 aromatic heterocycles. The molecule has 0 rings (SSSR count). The second-order valence-electron chi connectivity index (χ2n) is 2.02. The fraction of sp³-hybridized carbons (Fsp3) is 1.00. The lowest BCUT2D eigenvalue weighted by molar-refractivity contribution is 0.318. The first-order valence-electron chi connectivity index (χ1n) is 5.80. The van der Waals surface area contributed by atoms with Crippen LogP contribution in [0.1, 0.15) is 75.2 Å². The number of aliphatic hydroxyl groups is 2. The zero-order valence-corrected chi connectivity index (χ0v) is 11.7. The fourth-order valence-corrected chi connectivity index (χ4v) is 0. The van der Waals surface area contributed by atoms with Crippen LogP contribution in [0.4, 0.5) is 0 Å². The van der Waals surface area contributed by atoms with E-state index in [9.17, 15) is 0 Å². The molecule has 0 aromatic carbocycles. The first-order chi connectivity index (χ1) is 6.74. The fourth-order valence-electron chi connectivity index (χ4n) is 0. The Morgan fingerprint density at radius 1 is 0.733 bits per heavy atom. The highest BCUT2D eigenvalue weighted by molar-refractivity contribution is 4.12. The lowest BCUT2D eigenvalue weighted by Gasteiger charge is -1.68. The third kappa shape index (κ3) is 2340. The molecule has 102 valence electrons. The SMILES string of the molecule is C.CC.CCC.CCCC.CCO.CO. The van der Waals surface area contributed by atoms with Crippen molar-refractivity contribution in [2.24, 2.45) is 0 Å². The largest absolute Gasteiger partial charge is 0.400 e. The summed E-state index contributed by atoms with van der Waals surface area (Å²) in [6, 6.07) is 0. The van der Waals surface area contributed by atoms with Gasteiger partial charge in [0.05, 0.1) is 0 Å². The smallest absolute Gasteiger partial charge is 0.0402 e. The molecule has 2 heteroatoms. The maximum atomic E-state index is 7.57. The Kier molecular flexibility index (Phi) is 366. The summed E-state index contributed by atoms with van der Waals surface area (Å²) in [6.45, 7) is 14.5. The van der Waals surface area contributed by atoms with Crippen molar-refractivity contribution in [3.05, 3.63) is 0 Å². The minimum atomic E-state index is 0. The zero-order chi connectivity index (χ0) is 12.8. The maximum absolute atomic E-state index is 7.57. The molecule has 0 spiro atoms. The minimum Gasteiger partial charge on any atom is -0.400 e. The molecule has 0 heterocycles. The van der Waals surface area contributed by atoms with E-state index in [4.69, 9.17) is 10.2 Å². The monoisotopic (exact) mass is 226 g/mol. The highest BCUT2D eigenvalue weighted by Gasteiger charge is 1.56. The molecule has 0 bridgehead atoms. The Balaban J connectivity index is -0.0000000171. The van der Waals surface area contributed by atoms with Gasteiger partial charge in [0.25, 0.3) is 0 Å². The molecule has 0 aliphatic rings. The summed E-state index contributed by atoms with van der Waals surface area (Å²) in [6.07, 6.45) is 3.89. The summed E-state index contributed by atoms with van der Waals surface area (Å²) in [5.41, 5.74) is 0. The molecule has 0 saturated heterocycles. The Morgan fingerprint density at radius 3 is 0.800 bits per heavy atom. The van der Waals surface area contributed by atoms with Crippen molar-refractivity contribution in [1.29, 1.82) is 0 Å². The van der Waals surface area contributed by atoms with Crippen LogP contribution in [-0.4, -0.2) is 23.9 Å². The van der Waals surface area contributed by atoms with Gasteiger partial charge in [0.15, 0.2) is 0 Å². The zero-order valence-electron chi connectivity index (χ0n) is 11.7. The molecule has 2 N–H and O–H groups in total. The predicted octanol–water partition coefficient (Wildman–Crippen LogP) is 4.49. The van der Waals surface area contributed by atoms with Crippen molar-refractivity contribution in [2.45, 2.75) is 75.2 Å². The normalized spacial score (nSPS) is 5.20. The van der Waals surface area contributed by atoms with E-state index in [0.717, 1.165) is 7.11 Å². The van der Waals surface area contributed by atoms with Crippen LogP contribution >= 0.6 is 0 Å². The van der Waals surface area contributed by atoms with Crippen molar-refractivity contribution < 1.29 is 10.2 Å². The topological polar surface area (TPSA) is 40.5 Å². The first kappa shape index (κ1) is 36.3. The van der Waals surface area contributed by atoms with E-state index in [0.29, 0.717) is 0 Å². The molecule has 2 nitrogen and oxygen atoms in total. The first-order valence-corrected chi connectivity index (χ1v) is 5.80. The second kappa shape index (κ2) is 151. The van der Waals surface area contributed by atoms with Gasteiger partial charge in [-0.2, -0.15) is 0 Å². The molecular formula is C13H38O2. The molecule has 0 amide bonds. The highest BCUT2D eigenvalue weighted by atomic mass is 16.2. The van der Waals surface area contributed by atoms with Crippen molar-refractivity contribution >= 4 is 0 Å². The Bertz CT molecular complexity index is 20.5. The number of hydrogen-bond acceptors (Lipinski definition) is 2. The Morgan fingerprint density at radius 2 is 0.800 bits per heavy atom.